The van der Waals surface area contributed by atoms with Crippen molar-refractivity contribution in [2.24, 2.45) is 5.92 Å². The highest BCUT2D eigenvalue weighted by molar-refractivity contribution is 5.95. The van der Waals surface area contributed by atoms with E-state index in [1.165, 1.54) is 23.7 Å². The Morgan fingerprint density at radius 1 is 1.10 bits per heavy atom. The number of ether oxygens (including phenoxy) is 1. The zero-order chi connectivity index (χ0) is 27.3. The molecule has 6 rings (SSSR count). The molecule has 1 atom stereocenters. The van der Waals surface area contributed by atoms with Gasteiger partial charge in [-0.15, -0.1) is 0 Å². The highest BCUT2D eigenvalue weighted by Gasteiger charge is 2.28. The molecule has 0 spiro atoms. The van der Waals surface area contributed by atoms with E-state index in [2.05, 4.69) is 51.5 Å². The minimum atomic E-state index is -0.558. The lowest BCUT2D eigenvalue weighted by Gasteiger charge is -2.33. The van der Waals surface area contributed by atoms with Crippen molar-refractivity contribution in [1.29, 1.82) is 0 Å². The first-order chi connectivity index (χ1) is 18.7. The maximum absolute atomic E-state index is 13.5. The molecule has 2 aliphatic rings. The third kappa shape index (κ3) is 5.24. The van der Waals surface area contributed by atoms with E-state index in [0.717, 1.165) is 48.0 Å². The first-order valence-electron chi connectivity index (χ1n) is 14.0. The van der Waals surface area contributed by atoms with Crippen molar-refractivity contribution >= 4 is 28.6 Å². The number of nitrogens with zero attached hydrogens (tertiary/aromatic N) is 4. The van der Waals surface area contributed by atoms with Gasteiger partial charge in [0.1, 0.15) is 16.9 Å². The number of rotatable bonds is 5. The van der Waals surface area contributed by atoms with E-state index in [4.69, 9.17) is 9.72 Å². The summed E-state index contributed by atoms with van der Waals surface area (Å²) in [6, 6.07) is 14.4. The van der Waals surface area contributed by atoms with Crippen LogP contribution in [0.5, 0.6) is 0 Å². The topological polar surface area (TPSA) is 80.9 Å². The van der Waals surface area contributed by atoms with E-state index in [9.17, 15) is 9.59 Å². The maximum Gasteiger partial charge on any atom is 0.407 e. The molecule has 2 fully saturated rings. The molecule has 0 bridgehead atoms. The van der Waals surface area contributed by atoms with Crippen LogP contribution >= 0.6 is 0 Å². The number of nitrogens with one attached hydrogen (secondary N) is 1. The summed E-state index contributed by atoms with van der Waals surface area (Å²) in [7, 11) is 0. The number of carbonyl (C=O) groups excluding carboxylic acids is 2. The van der Waals surface area contributed by atoms with Gasteiger partial charge >= 0.3 is 6.09 Å². The molecule has 1 saturated heterocycles. The van der Waals surface area contributed by atoms with Crippen LogP contribution in [0.1, 0.15) is 62.5 Å². The molecule has 2 amide bonds. The smallest absolute Gasteiger partial charge is 0.407 e. The van der Waals surface area contributed by atoms with E-state index >= 15 is 0 Å². The molecule has 8 nitrogen and oxygen atoms in total. The average molecular weight is 528 g/mol. The zero-order valence-electron chi connectivity index (χ0n) is 23.2. The van der Waals surface area contributed by atoms with E-state index in [1.807, 2.05) is 44.0 Å². The quantitative estimate of drug-likeness (QED) is 0.356. The Labute approximate surface area is 229 Å². The van der Waals surface area contributed by atoms with Crippen LogP contribution in [0.25, 0.3) is 27.9 Å². The van der Waals surface area contributed by atoms with Gasteiger partial charge < -0.3 is 23.9 Å². The summed E-state index contributed by atoms with van der Waals surface area (Å²) < 4.78 is 9.88. The number of benzene rings is 1. The number of hydrogen-bond donors (Lipinski definition) is 1. The van der Waals surface area contributed by atoms with Crippen LogP contribution < -0.4 is 5.32 Å². The van der Waals surface area contributed by atoms with Gasteiger partial charge in [-0.2, -0.15) is 0 Å². The predicted octanol–water partition coefficient (Wildman–Crippen LogP) is 5.80. The average Bonchev–Trinajstić information content (AvgIpc) is 3.56. The predicted molar refractivity (Wildman–Crippen MR) is 152 cm³/mol. The van der Waals surface area contributed by atoms with Crippen molar-refractivity contribution in [1.82, 2.24) is 24.2 Å². The van der Waals surface area contributed by atoms with Crippen molar-refractivity contribution < 1.29 is 14.3 Å². The largest absolute Gasteiger partial charge is 0.444 e. The summed E-state index contributed by atoms with van der Waals surface area (Å²) in [5.74, 6) is 0.692. The molecule has 1 N–H and O–H groups in total. The second-order valence-corrected chi connectivity index (χ2v) is 12.1. The number of likely N-dealkylation sites (tertiary alicyclic amines) is 1. The van der Waals surface area contributed by atoms with E-state index < -0.39 is 11.7 Å². The van der Waals surface area contributed by atoms with Gasteiger partial charge in [-0.05, 0) is 83.6 Å². The van der Waals surface area contributed by atoms with Crippen molar-refractivity contribution in [3.05, 3.63) is 59.9 Å². The van der Waals surface area contributed by atoms with E-state index in [0.29, 0.717) is 18.7 Å². The SMILES string of the molecule is Cc1c(-c2cc3ccccc3n2CC2CC2)nc2cc(C(=O)N3CCC[C@@H](NC(=O)OC(C)(C)C)C3)ccn12. The number of hydrogen-bond acceptors (Lipinski definition) is 4. The minimum absolute atomic E-state index is 0.0433. The Balaban J connectivity index is 1.25. The minimum Gasteiger partial charge on any atom is -0.444 e. The third-order valence-electron chi connectivity index (χ3n) is 7.73. The van der Waals surface area contributed by atoms with Gasteiger partial charge in [0, 0.05) is 54.0 Å². The van der Waals surface area contributed by atoms with Crippen LogP contribution in [-0.4, -0.2) is 55.6 Å². The number of aryl methyl sites for hydroxylation is 1. The summed E-state index contributed by atoms with van der Waals surface area (Å²) in [5.41, 5.74) is 5.19. The molecule has 204 valence electrons. The third-order valence-corrected chi connectivity index (χ3v) is 7.73. The van der Waals surface area contributed by atoms with Gasteiger partial charge in [0.05, 0.1) is 5.69 Å². The molecule has 1 aliphatic carbocycles. The fourth-order valence-electron chi connectivity index (χ4n) is 5.64. The number of pyridine rings is 1. The second kappa shape index (κ2) is 9.74. The van der Waals surface area contributed by atoms with Crippen molar-refractivity contribution in [3.8, 4) is 11.4 Å². The lowest BCUT2D eigenvalue weighted by molar-refractivity contribution is 0.0452. The normalized spacial score (nSPS) is 18.1. The van der Waals surface area contributed by atoms with Crippen molar-refractivity contribution in [2.45, 2.75) is 71.6 Å². The Morgan fingerprint density at radius 3 is 2.67 bits per heavy atom. The monoisotopic (exact) mass is 527 g/mol. The van der Waals surface area contributed by atoms with Crippen LogP contribution in [0.3, 0.4) is 0 Å². The first-order valence-corrected chi connectivity index (χ1v) is 14.0. The number of imidazole rings is 1. The molecule has 1 aliphatic heterocycles. The Morgan fingerprint density at radius 2 is 1.90 bits per heavy atom. The highest BCUT2D eigenvalue weighted by atomic mass is 16.6. The molecular weight excluding hydrogens is 490 g/mol. The molecule has 39 heavy (non-hydrogen) atoms. The molecule has 0 radical (unpaired) electrons. The van der Waals surface area contributed by atoms with Crippen LogP contribution in [0.4, 0.5) is 4.79 Å². The summed E-state index contributed by atoms with van der Waals surface area (Å²) in [5, 5.41) is 4.15. The number of piperidine rings is 1. The highest BCUT2D eigenvalue weighted by Crippen LogP contribution is 2.36. The van der Waals surface area contributed by atoms with Gasteiger partial charge in [0.2, 0.25) is 0 Å². The fraction of sp³-hybridized carbons (Fsp3) is 0.452. The number of carbonyl (C=O) groups is 2. The van der Waals surface area contributed by atoms with Crippen LogP contribution in [-0.2, 0) is 11.3 Å². The number of amides is 2. The molecule has 8 heteroatoms. The maximum atomic E-state index is 13.5. The lowest BCUT2D eigenvalue weighted by Crippen LogP contribution is -2.50. The second-order valence-electron chi connectivity index (χ2n) is 12.1. The first kappa shape index (κ1) is 25.5. The molecule has 4 aromatic rings. The number of para-hydroxylation sites is 1. The number of fused-ring (bicyclic) bond motifs is 2. The van der Waals surface area contributed by atoms with Gasteiger partial charge in [-0.1, -0.05) is 18.2 Å². The molecule has 4 heterocycles. The van der Waals surface area contributed by atoms with Crippen molar-refractivity contribution in [2.75, 3.05) is 13.1 Å². The van der Waals surface area contributed by atoms with Crippen LogP contribution in [0.2, 0.25) is 0 Å². The Hall–Kier alpha value is -3.81. The van der Waals surface area contributed by atoms with Gasteiger partial charge in [-0.25, -0.2) is 9.78 Å². The number of alkyl carbamates (subject to hydrolysis) is 1. The lowest BCUT2D eigenvalue weighted by atomic mass is 10.0. The molecule has 3 aromatic heterocycles. The van der Waals surface area contributed by atoms with Crippen LogP contribution in [0.15, 0.2) is 48.7 Å². The fourth-order valence-corrected chi connectivity index (χ4v) is 5.64. The molecule has 0 unspecified atom stereocenters. The molecular formula is C31H37N5O3. The van der Waals surface area contributed by atoms with Crippen LogP contribution in [0, 0.1) is 12.8 Å². The summed E-state index contributed by atoms with van der Waals surface area (Å²) >= 11 is 0. The summed E-state index contributed by atoms with van der Waals surface area (Å²) in [6.45, 7) is 9.75. The van der Waals surface area contributed by atoms with E-state index in [-0.39, 0.29) is 11.9 Å². The van der Waals surface area contributed by atoms with Crippen molar-refractivity contribution in [3.63, 3.8) is 0 Å². The van der Waals surface area contributed by atoms with Gasteiger partial charge in [-0.3, -0.25) is 4.79 Å². The van der Waals surface area contributed by atoms with E-state index in [1.54, 1.807) is 0 Å². The standard InChI is InChI=1S/C31H37N5O3/c1-20-28(26-16-22-8-5-6-10-25(22)36(26)18-21-11-12-21)33-27-17-23(13-15-35(20)27)29(37)34-14-7-9-24(19-34)32-30(38)39-31(2,3)4/h5-6,8,10,13,15-17,21,24H,7,9,11-12,14,18-19H2,1-4H3,(H,32,38)/t24-/m1/s1. The molecule has 1 saturated carbocycles. The number of aromatic nitrogens is 3. The summed E-state index contributed by atoms with van der Waals surface area (Å²) in [6.07, 6.45) is 5.72. The Kier molecular flexibility index (Phi) is 6.36. The summed E-state index contributed by atoms with van der Waals surface area (Å²) in [4.78, 5) is 32.6. The zero-order valence-corrected chi connectivity index (χ0v) is 23.2. The Bertz CT molecular complexity index is 1560. The molecule has 1 aromatic carbocycles. The van der Waals surface area contributed by atoms with Gasteiger partial charge in [0.25, 0.3) is 5.91 Å². The van der Waals surface area contributed by atoms with Gasteiger partial charge in [0.15, 0.2) is 0 Å².